The summed E-state index contributed by atoms with van der Waals surface area (Å²) in [6.45, 7) is 3.03. The largest absolute Gasteiger partial charge is 0.466 e. The maximum atomic E-state index is 11.2. The summed E-state index contributed by atoms with van der Waals surface area (Å²) in [5, 5.41) is 0. The summed E-state index contributed by atoms with van der Waals surface area (Å²) in [5.74, 6) is -0.200. The third kappa shape index (κ3) is 1.67. The van der Waals surface area contributed by atoms with Crippen molar-refractivity contribution in [3.63, 3.8) is 0 Å². The first-order chi connectivity index (χ1) is 5.66. The van der Waals surface area contributed by atoms with Gasteiger partial charge in [0.1, 0.15) is 0 Å². The molecule has 1 aliphatic rings. The number of likely N-dealkylation sites (N-methyl/N-ethyl adjacent to an activating group) is 1. The standard InChI is InChI=1S/C9H15NO2/c1-7-8(9(11)12-3)5-4-6-10(7)2/h5,7H,4,6H2,1-3H3. The van der Waals surface area contributed by atoms with Crippen LogP contribution in [0, 0.1) is 0 Å². The quantitative estimate of drug-likeness (QED) is 0.544. The lowest BCUT2D eigenvalue weighted by Gasteiger charge is -2.29. The van der Waals surface area contributed by atoms with E-state index in [1.807, 2.05) is 20.0 Å². The van der Waals surface area contributed by atoms with E-state index in [1.54, 1.807) is 0 Å². The predicted molar refractivity (Wildman–Crippen MR) is 46.8 cm³/mol. The molecule has 1 atom stereocenters. The Kier molecular flexibility index (Phi) is 2.87. The van der Waals surface area contributed by atoms with E-state index in [9.17, 15) is 4.79 Å². The van der Waals surface area contributed by atoms with Gasteiger partial charge in [0, 0.05) is 12.6 Å². The van der Waals surface area contributed by atoms with Gasteiger partial charge in [0.15, 0.2) is 0 Å². The molecule has 0 N–H and O–H groups in total. The second-order valence-electron chi connectivity index (χ2n) is 3.10. The fraction of sp³-hybridized carbons (Fsp3) is 0.667. The normalized spacial score (nSPS) is 24.9. The van der Waals surface area contributed by atoms with E-state index >= 15 is 0 Å². The fourth-order valence-electron chi connectivity index (χ4n) is 1.40. The minimum absolute atomic E-state index is 0.186. The lowest BCUT2D eigenvalue weighted by atomic mass is 10.0. The number of carbonyl (C=O) groups excluding carboxylic acids is 1. The van der Waals surface area contributed by atoms with Crippen LogP contribution in [0.25, 0.3) is 0 Å². The summed E-state index contributed by atoms with van der Waals surface area (Å²) in [4.78, 5) is 13.4. The molecular formula is C9H15NO2. The molecule has 0 saturated carbocycles. The molecule has 0 aromatic rings. The lowest BCUT2D eigenvalue weighted by Crippen LogP contribution is -2.37. The van der Waals surface area contributed by atoms with Crippen molar-refractivity contribution in [2.24, 2.45) is 0 Å². The van der Waals surface area contributed by atoms with Gasteiger partial charge in [-0.15, -0.1) is 0 Å². The highest BCUT2D eigenvalue weighted by Gasteiger charge is 2.23. The Morgan fingerprint density at radius 2 is 2.42 bits per heavy atom. The van der Waals surface area contributed by atoms with Crippen molar-refractivity contribution in [3.05, 3.63) is 11.6 Å². The smallest absolute Gasteiger partial charge is 0.335 e. The zero-order chi connectivity index (χ0) is 9.14. The Labute approximate surface area is 73.0 Å². The van der Waals surface area contributed by atoms with Gasteiger partial charge >= 0.3 is 5.97 Å². The Hall–Kier alpha value is -0.830. The predicted octanol–water partition coefficient (Wildman–Crippen LogP) is 0.810. The summed E-state index contributed by atoms with van der Waals surface area (Å²) in [6, 6.07) is 0.186. The summed E-state index contributed by atoms with van der Waals surface area (Å²) < 4.78 is 4.67. The average Bonchev–Trinajstić information content (AvgIpc) is 2.08. The van der Waals surface area contributed by atoms with Gasteiger partial charge in [-0.25, -0.2) is 4.79 Å². The number of ether oxygens (including phenoxy) is 1. The molecule has 1 rings (SSSR count). The number of nitrogens with zero attached hydrogens (tertiary/aromatic N) is 1. The van der Waals surface area contributed by atoms with Gasteiger partial charge in [0.25, 0.3) is 0 Å². The average molecular weight is 169 g/mol. The fourth-order valence-corrected chi connectivity index (χ4v) is 1.40. The minimum Gasteiger partial charge on any atom is -0.466 e. The maximum Gasteiger partial charge on any atom is 0.335 e. The Morgan fingerprint density at radius 3 is 3.00 bits per heavy atom. The van der Waals surface area contributed by atoms with Crippen LogP contribution in [0.5, 0.6) is 0 Å². The highest BCUT2D eigenvalue weighted by atomic mass is 16.5. The minimum atomic E-state index is -0.200. The SMILES string of the molecule is COC(=O)C1=CCCN(C)C1C. The van der Waals surface area contributed by atoms with Gasteiger partial charge in [-0.3, -0.25) is 4.90 Å². The number of hydrogen-bond donors (Lipinski definition) is 0. The van der Waals surface area contributed by atoms with E-state index in [0.29, 0.717) is 0 Å². The van der Waals surface area contributed by atoms with Crippen molar-refractivity contribution in [2.75, 3.05) is 20.7 Å². The van der Waals surface area contributed by atoms with Gasteiger partial charge in [-0.2, -0.15) is 0 Å². The molecule has 1 heterocycles. The molecule has 0 radical (unpaired) electrons. The van der Waals surface area contributed by atoms with Crippen molar-refractivity contribution in [3.8, 4) is 0 Å². The molecule has 3 heteroatoms. The van der Waals surface area contributed by atoms with Crippen LogP contribution in [-0.4, -0.2) is 37.6 Å². The highest BCUT2D eigenvalue weighted by Crippen LogP contribution is 2.16. The van der Waals surface area contributed by atoms with Crippen molar-refractivity contribution >= 4 is 5.97 Å². The number of methoxy groups -OCH3 is 1. The number of rotatable bonds is 1. The zero-order valence-corrected chi connectivity index (χ0v) is 7.83. The van der Waals surface area contributed by atoms with E-state index in [0.717, 1.165) is 18.5 Å². The van der Waals surface area contributed by atoms with Crippen LogP contribution in [0.3, 0.4) is 0 Å². The topological polar surface area (TPSA) is 29.5 Å². The molecule has 0 aromatic heterocycles. The van der Waals surface area contributed by atoms with Crippen LogP contribution < -0.4 is 0 Å². The first-order valence-corrected chi connectivity index (χ1v) is 4.15. The molecule has 0 saturated heterocycles. The Bertz CT molecular complexity index is 211. The van der Waals surface area contributed by atoms with E-state index in [2.05, 4.69) is 9.64 Å². The van der Waals surface area contributed by atoms with E-state index in [1.165, 1.54) is 7.11 Å². The van der Waals surface area contributed by atoms with Crippen LogP contribution in [0.15, 0.2) is 11.6 Å². The maximum absolute atomic E-state index is 11.2. The number of carbonyl (C=O) groups is 1. The first kappa shape index (κ1) is 9.26. The molecule has 0 fully saturated rings. The van der Waals surface area contributed by atoms with Gasteiger partial charge in [-0.05, 0) is 20.4 Å². The van der Waals surface area contributed by atoms with E-state index in [4.69, 9.17) is 0 Å². The summed E-state index contributed by atoms with van der Waals surface area (Å²) in [6.07, 6.45) is 2.90. The monoisotopic (exact) mass is 169 g/mol. The van der Waals surface area contributed by atoms with Crippen LogP contribution in [0.4, 0.5) is 0 Å². The third-order valence-corrected chi connectivity index (χ3v) is 2.38. The van der Waals surface area contributed by atoms with Crippen molar-refractivity contribution in [1.29, 1.82) is 0 Å². The van der Waals surface area contributed by atoms with E-state index < -0.39 is 0 Å². The lowest BCUT2D eigenvalue weighted by molar-refractivity contribution is -0.136. The number of esters is 1. The Balaban J connectivity index is 2.75. The molecule has 1 aliphatic heterocycles. The second-order valence-corrected chi connectivity index (χ2v) is 3.10. The molecule has 12 heavy (non-hydrogen) atoms. The molecule has 68 valence electrons. The van der Waals surface area contributed by atoms with Crippen LogP contribution >= 0.6 is 0 Å². The molecule has 0 aromatic carbocycles. The van der Waals surface area contributed by atoms with Gasteiger partial charge in [-0.1, -0.05) is 6.08 Å². The molecule has 0 aliphatic carbocycles. The molecule has 1 unspecified atom stereocenters. The number of hydrogen-bond acceptors (Lipinski definition) is 3. The summed E-state index contributed by atoms with van der Waals surface area (Å²) in [5.41, 5.74) is 0.784. The first-order valence-electron chi connectivity index (χ1n) is 4.15. The molecule has 0 bridgehead atoms. The Morgan fingerprint density at radius 1 is 1.75 bits per heavy atom. The summed E-state index contributed by atoms with van der Waals surface area (Å²) >= 11 is 0. The summed E-state index contributed by atoms with van der Waals surface area (Å²) in [7, 11) is 3.44. The van der Waals surface area contributed by atoms with Crippen LogP contribution in [-0.2, 0) is 9.53 Å². The van der Waals surface area contributed by atoms with Gasteiger partial charge in [0.2, 0.25) is 0 Å². The van der Waals surface area contributed by atoms with Crippen molar-refractivity contribution in [2.45, 2.75) is 19.4 Å². The molecule has 3 nitrogen and oxygen atoms in total. The third-order valence-electron chi connectivity index (χ3n) is 2.38. The highest BCUT2D eigenvalue weighted by molar-refractivity contribution is 5.89. The van der Waals surface area contributed by atoms with Gasteiger partial charge < -0.3 is 4.74 Å². The molecule has 0 amide bonds. The zero-order valence-electron chi connectivity index (χ0n) is 7.83. The van der Waals surface area contributed by atoms with E-state index in [-0.39, 0.29) is 12.0 Å². The van der Waals surface area contributed by atoms with Gasteiger partial charge in [0.05, 0.1) is 12.7 Å². The van der Waals surface area contributed by atoms with Crippen LogP contribution in [0.2, 0.25) is 0 Å². The van der Waals surface area contributed by atoms with Crippen molar-refractivity contribution < 1.29 is 9.53 Å². The second kappa shape index (κ2) is 3.72. The van der Waals surface area contributed by atoms with Crippen molar-refractivity contribution in [1.82, 2.24) is 4.90 Å². The molecular weight excluding hydrogens is 154 g/mol. The van der Waals surface area contributed by atoms with Crippen LogP contribution in [0.1, 0.15) is 13.3 Å². The molecule has 0 spiro atoms.